The standard InChI is InChI=1S/C27H24ClN5O2/c1-33-24-13-7-6-12-22(24)31-25(33)16-30-27(35)23(32-26(34)19-9-2-4-10-20(19)28)14-17-15-29-21-11-5-3-8-18(17)21/h2-13,15,23,29H,14,16H2,1H3,(H,30,35)(H,32,34)/t23-/m0/s1. The molecule has 0 spiro atoms. The van der Waals surface area contributed by atoms with Crippen molar-refractivity contribution < 1.29 is 9.59 Å². The van der Waals surface area contributed by atoms with Crippen molar-refractivity contribution in [2.24, 2.45) is 7.05 Å². The van der Waals surface area contributed by atoms with E-state index in [1.807, 2.05) is 66.3 Å². The Morgan fingerprint density at radius 3 is 2.60 bits per heavy atom. The summed E-state index contributed by atoms with van der Waals surface area (Å²) >= 11 is 6.22. The van der Waals surface area contributed by atoms with E-state index in [9.17, 15) is 9.59 Å². The summed E-state index contributed by atoms with van der Waals surface area (Å²) in [5.41, 5.74) is 4.07. The molecule has 5 rings (SSSR count). The van der Waals surface area contributed by atoms with Gasteiger partial charge in [-0.3, -0.25) is 9.59 Å². The summed E-state index contributed by atoms with van der Waals surface area (Å²) in [7, 11) is 1.92. The van der Waals surface area contributed by atoms with E-state index in [2.05, 4.69) is 20.6 Å². The second kappa shape index (κ2) is 9.64. The predicted molar refractivity (Wildman–Crippen MR) is 137 cm³/mol. The molecule has 3 N–H and O–H groups in total. The molecule has 0 aliphatic carbocycles. The summed E-state index contributed by atoms with van der Waals surface area (Å²) in [4.78, 5) is 34.2. The first-order valence-electron chi connectivity index (χ1n) is 11.3. The lowest BCUT2D eigenvalue weighted by molar-refractivity contribution is -0.123. The molecule has 7 nitrogen and oxygen atoms in total. The minimum absolute atomic E-state index is 0.233. The molecular formula is C27H24ClN5O2. The number of hydrogen-bond acceptors (Lipinski definition) is 3. The van der Waals surface area contributed by atoms with Crippen molar-refractivity contribution in [1.82, 2.24) is 25.2 Å². The molecule has 3 aromatic carbocycles. The monoisotopic (exact) mass is 485 g/mol. The van der Waals surface area contributed by atoms with Crippen molar-refractivity contribution in [3.63, 3.8) is 0 Å². The molecule has 1 atom stereocenters. The van der Waals surface area contributed by atoms with Gasteiger partial charge < -0.3 is 20.2 Å². The highest BCUT2D eigenvalue weighted by atomic mass is 35.5. The zero-order chi connectivity index (χ0) is 24.4. The molecule has 0 aliphatic rings. The molecule has 0 fully saturated rings. The average molecular weight is 486 g/mol. The van der Waals surface area contributed by atoms with Gasteiger partial charge in [0, 0.05) is 30.6 Å². The number of aromatic nitrogens is 3. The Bertz CT molecular complexity index is 1540. The van der Waals surface area contributed by atoms with Crippen LogP contribution in [-0.4, -0.2) is 32.4 Å². The number of halogens is 1. The first-order chi connectivity index (χ1) is 17.0. The Labute approximate surface area is 207 Å². The van der Waals surface area contributed by atoms with E-state index in [4.69, 9.17) is 11.6 Å². The molecule has 35 heavy (non-hydrogen) atoms. The van der Waals surface area contributed by atoms with Crippen LogP contribution in [0.15, 0.2) is 79.0 Å². The van der Waals surface area contributed by atoms with Crippen LogP contribution in [0.5, 0.6) is 0 Å². The van der Waals surface area contributed by atoms with E-state index in [1.165, 1.54) is 0 Å². The molecule has 8 heteroatoms. The van der Waals surface area contributed by atoms with Gasteiger partial charge in [-0.15, -0.1) is 0 Å². The molecule has 176 valence electrons. The Kier molecular flexibility index (Phi) is 6.25. The van der Waals surface area contributed by atoms with Crippen LogP contribution in [0.4, 0.5) is 0 Å². The average Bonchev–Trinajstić information content (AvgIpc) is 3.43. The van der Waals surface area contributed by atoms with Gasteiger partial charge in [0.2, 0.25) is 5.91 Å². The lowest BCUT2D eigenvalue weighted by Crippen LogP contribution is -2.48. The number of H-pyrrole nitrogens is 1. The zero-order valence-corrected chi connectivity index (χ0v) is 19.8. The zero-order valence-electron chi connectivity index (χ0n) is 19.1. The SMILES string of the molecule is Cn1c(CNC(=O)[C@H](Cc2c[nH]c3ccccc23)NC(=O)c2ccccc2Cl)nc2ccccc21. The largest absolute Gasteiger partial charge is 0.361 e. The topological polar surface area (TPSA) is 91.8 Å². The van der Waals surface area contributed by atoms with Gasteiger partial charge in [-0.2, -0.15) is 0 Å². The number of fused-ring (bicyclic) bond motifs is 2. The summed E-state index contributed by atoms with van der Waals surface area (Å²) in [6, 6.07) is 21.6. The minimum atomic E-state index is -0.812. The molecule has 0 saturated heterocycles. The molecule has 0 unspecified atom stereocenters. The first kappa shape index (κ1) is 22.7. The lowest BCUT2D eigenvalue weighted by atomic mass is 10.0. The van der Waals surface area contributed by atoms with Gasteiger partial charge in [0.1, 0.15) is 11.9 Å². The molecule has 0 radical (unpaired) electrons. The third-order valence-electron chi connectivity index (χ3n) is 6.14. The van der Waals surface area contributed by atoms with Crippen LogP contribution in [-0.2, 0) is 24.8 Å². The summed E-state index contributed by atoms with van der Waals surface area (Å²) < 4.78 is 1.95. The molecule has 0 bridgehead atoms. The van der Waals surface area contributed by atoms with Crippen LogP contribution in [0.1, 0.15) is 21.7 Å². The van der Waals surface area contributed by atoms with E-state index in [-0.39, 0.29) is 12.5 Å². The third kappa shape index (κ3) is 4.63. The Hall–Kier alpha value is -4.10. The number of rotatable bonds is 7. The van der Waals surface area contributed by atoms with Gasteiger partial charge in [0.25, 0.3) is 5.91 Å². The third-order valence-corrected chi connectivity index (χ3v) is 6.47. The number of nitrogens with zero attached hydrogens (tertiary/aromatic N) is 2. The van der Waals surface area contributed by atoms with Gasteiger partial charge in [0.15, 0.2) is 0 Å². The van der Waals surface area contributed by atoms with Gasteiger partial charge in [0.05, 0.1) is 28.2 Å². The molecule has 2 heterocycles. The van der Waals surface area contributed by atoms with Gasteiger partial charge in [-0.25, -0.2) is 4.98 Å². The Morgan fingerprint density at radius 2 is 1.77 bits per heavy atom. The van der Waals surface area contributed by atoms with E-state index >= 15 is 0 Å². The van der Waals surface area contributed by atoms with Crippen LogP contribution in [0.25, 0.3) is 21.9 Å². The van der Waals surface area contributed by atoms with E-state index in [0.717, 1.165) is 33.3 Å². The number of amides is 2. The van der Waals surface area contributed by atoms with Crippen LogP contribution in [0.2, 0.25) is 5.02 Å². The fourth-order valence-electron chi connectivity index (χ4n) is 4.25. The van der Waals surface area contributed by atoms with Gasteiger partial charge in [-0.1, -0.05) is 54.1 Å². The Morgan fingerprint density at radius 1 is 1.03 bits per heavy atom. The normalized spacial score (nSPS) is 12.1. The number of carbonyl (C=O) groups is 2. The van der Waals surface area contributed by atoms with Gasteiger partial charge >= 0.3 is 0 Å². The second-order valence-corrected chi connectivity index (χ2v) is 8.77. The van der Waals surface area contributed by atoms with E-state index in [1.54, 1.807) is 24.3 Å². The summed E-state index contributed by atoms with van der Waals surface area (Å²) in [5.74, 6) is 0.0175. The summed E-state index contributed by atoms with van der Waals surface area (Å²) in [5, 5.41) is 7.17. The number of carbonyl (C=O) groups excluding carboxylic acids is 2. The Balaban J connectivity index is 1.39. The second-order valence-electron chi connectivity index (χ2n) is 8.36. The molecule has 5 aromatic rings. The maximum absolute atomic E-state index is 13.4. The quantitative estimate of drug-likeness (QED) is 0.320. The highest BCUT2D eigenvalue weighted by Gasteiger charge is 2.24. The van der Waals surface area contributed by atoms with Crippen LogP contribution in [0.3, 0.4) is 0 Å². The van der Waals surface area contributed by atoms with Crippen molar-refractivity contribution >= 4 is 45.4 Å². The molecule has 0 saturated carbocycles. The van der Waals surface area contributed by atoms with E-state index < -0.39 is 11.9 Å². The van der Waals surface area contributed by atoms with Crippen LogP contribution >= 0.6 is 11.6 Å². The summed E-state index contributed by atoms with van der Waals surface area (Å²) in [6.45, 7) is 0.233. The number of imidazole rings is 1. The van der Waals surface area contributed by atoms with E-state index in [0.29, 0.717) is 17.0 Å². The molecule has 2 aromatic heterocycles. The first-order valence-corrected chi connectivity index (χ1v) is 11.7. The number of benzene rings is 3. The van der Waals surface area contributed by atoms with Crippen molar-refractivity contribution in [2.45, 2.75) is 19.0 Å². The molecule has 2 amide bonds. The van der Waals surface area contributed by atoms with Crippen molar-refractivity contribution in [1.29, 1.82) is 0 Å². The minimum Gasteiger partial charge on any atom is -0.361 e. The number of hydrogen-bond donors (Lipinski definition) is 3. The number of para-hydroxylation sites is 3. The number of aryl methyl sites for hydroxylation is 1. The fraction of sp³-hybridized carbons (Fsp3) is 0.148. The van der Waals surface area contributed by atoms with Gasteiger partial charge in [-0.05, 0) is 35.9 Å². The number of nitrogens with one attached hydrogen (secondary N) is 3. The maximum atomic E-state index is 13.4. The van der Waals surface area contributed by atoms with Crippen LogP contribution in [0, 0.1) is 0 Å². The lowest BCUT2D eigenvalue weighted by Gasteiger charge is -2.19. The smallest absolute Gasteiger partial charge is 0.253 e. The van der Waals surface area contributed by atoms with Crippen molar-refractivity contribution in [2.75, 3.05) is 0 Å². The predicted octanol–water partition coefficient (Wildman–Crippen LogP) is 4.37. The number of aromatic amines is 1. The maximum Gasteiger partial charge on any atom is 0.253 e. The fourth-order valence-corrected chi connectivity index (χ4v) is 4.48. The summed E-state index contributed by atoms with van der Waals surface area (Å²) in [6.07, 6.45) is 2.19. The highest BCUT2D eigenvalue weighted by Crippen LogP contribution is 2.20. The van der Waals surface area contributed by atoms with Crippen molar-refractivity contribution in [3.8, 4) is 0 Å². The molecular weight excluding hydrogens is 462 g/mol. The van der Waals surface area contributed by atoms with Crippen molar-refractivity contribution in [3.05, 3.63) is 101 Å². The van der Waals surface area contributed by atoms with Crippen LogP contribution < -0.4 is 10.6 Å². The highest BCUT2D eigenvalue weighted by molar-refractivity contribution is 6.33. The molecule has 0 aliphatic heterocycles.